The van der Waals surface area contributed by atoms with Crippen LogP contribution in [0.25, 0.3) is 6.08 Å². The monoisotopic (exact) mass is 468 g/mol. The van der Waals surface area contributed by atoms with E-state index in [1.54, 1.807) is 24.3 Å². The number of carbonyl (C=O) groups is 2. The number of benzene rings is 2. The first-order valence-electron chi connectivity index (χ1n) is 10.3. The Morgan fingerprint density at radius 1 is 1.07 bits per heavy atom. The first kappa shape index (κ1) is 20.8. The van der Waals surface area contributed by atoms with Gasteiger partial charge in [-0.1, -0.05) is 40.2 Å². The third-order valence-corrected chi connectivity index (χ3v) is 6.09. The molecule has 2 amide bonds. The predicted molar refractivity (Wildman–Crippen MR) is 120 cm³/mol. The minimum absolute atomic E-state index is 0.0405. The summed E-state index contributed by atoms with van der Waals surface area (Å²) in [4.78, 5) is 24.8. The summed E-state index contributed by atoms with van der Waals surface area (Å²) in [6.07, 6.45) is 6.91. The average Bonchev–Trinajstić information content (AvgIpc) is 3.57. The van der Waals surface area contributed by atoms with Gasteiger partial charge in [-0.2, -0.15) is 0 Å². The second-order valence-electron chi connectivity index (χ2n) is 7.90. The first-order chi connectivity index (χ1) is 14.5. The highest BCUT2D eigenvalue weighted by atomic mass is 79.9. The lowest BCUT2D eigenvalue weighted by molar-refractivity contribution is -0.119. The molecule has 2 aromatic carbocycles. The molecule has 0 atom stereocenters. The van der Waals surface area contributed by atoms with E-state index in [1.807, 2.05) is 30.3 Å². The normalized spacial score (nSPS) is 18.2. The Bertz CT molecular complexity index is 945. The highest BCUT2D eigenvalue weighted by Gasteiger charge is 2.35. The molecule has 0 aromatic heterocycles. The number of ether oxygens (including phenoxy) is 1. The summed E-state index contributed by atoms with van der Waals surface area (Å²) < 4.78 is 6.52. The minimum Gasteiger partial charge on any atom is -0.381 e. The van der Waals surface area contributed by atoms with Crippen LogP contribution in [0, 0.1) is 0 Å². The number of nitrogens with one attached hydrogen (secondary N) is 2. The zero-order valence-corrected chi connectivity index (χ0v) is 18.3. The molecule has 1 saturated heterocycles. The van der Waals surface area contributed by atoms with Crippen molar-refractivity contribution >= 4 is 33.8 Å². The molecule has 1 heterocycles. The van der Waals surface area contributed by atoms with Crippen LogP contribution in [0.15, 0.2) is 59.1 Å². The van der Waals surface area contributed by atoms with E-state index in [-0.39, 0.29) is 11.8 Å². The molecule has 0 unspecified atom stereocenters. The van der Waals surface area contributed by atoms with Crippen LogP contribution in [0.2, 0.25) is 0 Å². The van der Waals surface area contributed by atoms with Gasteiger partial charge in [-0.15, -0.1) is 0 Å². The molecule has 2 aliphatic rings. The van der Waals surface area contributed by atoms with Crippen LogP contribution in [0.4, 0.5) is 0 Å². The van der Waals surface area contributed by atoms with Crippen molar-refractivity contribution in [1.29, 1.82) is 0 Å². The third kappa shape index (κ3) is 5.18. The fraction of sp³-hybridized carbons (Fsp3) is 0.333. The van der Waals surface area contributed by atoms with Crippen molar-refractivity contribution in [3.05, 3.63) is 75.8 Å². The van der Waals surface area contributed by atoms with Crippen molar-refractivity contribution in [3.63, 3.8) is 0 Å². The molecule has 5 nitrogen and oxygen atoms in total. The molecule has 2 fully saturated rings. The lowest BCUT2D eigenvalue weighted by Crippen LogP contribution is -2.49. The van der Waals surface area contributed by atoms with Gasteiger partial charge in [0, 0.05) is 35.4 Å². The molecular weight excluding hydrogens is 444 g/mol. The maximum atomic E-state index is 12.7. The molecule has 156 valence electrons. The van der Waals surface area contributed by atoms with Crippen LogP contribution in [0.3, 0.4) is 0 Å². The van der Waals surface area contributed by atoms with Crippen molar-refractivity contribution in [3.8, 4) is 0 Å². The Labute approximate surface area is 185 Å². The molecule has 30 heavy (non-hydrogen) atoms. The van der Waals surface area contributed by atoms with Crippen molar-refractivity contribution in [2.45, 2.75) is 37.3 Å². The maximum Gasteiger partial charge on any atom is 0.251 e. The highest BCUT2D eigenvalue weighted by molar-refractivity contribution is 9.10. The Morgan fingerprint density at radius 3 is 2.47 bits per heavy atom. The van der Waals surface area contributed by atoms with Gasteiger partial charge in [-0.3, -0.25) is 9.59 Å². The number of amides is 2. The summed E-state index contributed by atoms with van der Waals surface area (Å²) in [7, 11) is 0. The Kier molecular flexibility index (Phi) is 6.35. The van der Waals surface area contributed by atoms with E-state index in [2.05, 4.69) is 32.6 Å². The first-order valence-corrected chi connectivity index (χ1v) is 11.1. The largest absolute Gasteiger partial charge is 0.381 e. The van der Waals surface area contributed by atoms with Gasteiger partial charge >= 0.3 is 0 Å². The maximum absolute atomic E-state index is 12.7. The van der Waals surface area contributed by atoms with E-state index in [0.717, 1.165) is 41.3 Å². The minimum atomic E-state index is -0.436. The summed E-state index contributed by atoms with van der Waals surface area (Å²) in [5.74, 6) is -0.186. The smallest absolute Gasteiger partial charge is 0.251 e. The summed E-state index contributed by atoms with van der Waals surface area (Å²) in [5.41, 5.74) is 2.15. The van der Waals surface area contributed by atoms with E-state index >= 15 is 0 Å². The number of carbonyl (C=O) groups excluding carboxylic acids is 2. The van der Waals surface area contributed by atoms with Gasteiger partial charge < -0.3 is 15.4 Å². The van der Waals surface area contributed by atoms with E-state index in [4.69, 9.17) is 4.74 Å². The van der Waals surface area contributed by atoms with Gasteiger partial charge in [0.1, 0.15) is 0 Å². The van der Waals surface area contributed by atoms with Crippen molar-refractivity contribution in [1.82, 2.24) is 10.6 Å². The SMILES string of the molecule is O=C(/C=C/c1ccc(C(=O)NC2CC2)cc1)NC1(c2cccc(Br)c2)CCOCC1. The fourth-order valence-corrected chi connectivity index (χ4v) is 4.08. The van der Waals surface area contributed by atoms with Gasteiger partial charge in [0.2, 0.25) is 5.91 Å². The number of rotatable bonds is 6. The van der Waals surface area contributed by atoms with Crippen LogP contribution in [-0.4, -0.2) is 31.1 Å². The molecule has 0 spiro atoms. The lowest BCUT2D eigenvalue weighted by Gasteiger charge is -2.38. The average molecular weight is 469 g/mol. The standard InChI is InChI=1S/C24H25BrN2O3/c25-20-3-1-2-19(16-20)24(12-14-30-15-13-24)27-22(28)11-6-17-4-7-18(8-5-17)23(29)26-21-9-10-21/h1-8,11,16,21H,9-10,12-15H2,(H,26,29)(H,27,28)/b11-6+. The predicted octanol–water partition coefficient (Wildman–Crippen LogP) is 4.18. The van der Waals surface area contributed by atoms with Gasteiger partial charge in [-0.25, -0.2) is 0 Å². The van der Waals surface area contributed by atoms with Crippen LogP contribution in [0.5, 0.6) is 0 Å². The molecule has 0 radical (unpaired) electrons. The Balaban J connectivity index is 1.43. The van der Waals surface area contributed by atoms with Crippen LogP contribution in [0.1, 0.15) is 47.2 Å². The van der Waals surface area contributed by atoms with Crippen molar-refractivity contribution < 1.29 is 14.3 Å². The molecule has 2 aromatic rings. The molecule has 6 heteroatoms. The van der Waals surface area contributed by atoms with Crippen LogP contribution >= 0.6 is 15.9 Å². The van der Waals surface area contributed by atoms with Crippen LogP contribution in [-0.2, 0) is 15.1 Å². The van der Waals surface area contributed by atoms with E-state index in [9.17, 15) is 9.59 Å². The molecule has 1 aliphatic heterocycles. The fourth-order valence-electron chi connectivity index (χ4n) is 3.68. The molecule has 4 rings (SSSR count). The Morgan fingerprint density at radius 2 is 1.80 bits per heavy atom. The highest BCUT2D eigenvalue weighted by Crippen LogP contribution is 2.33. The zero-order chi connectivity index (χ0) is 21.0. The van der Waals surface area contributed by atoms with Gasteiger partial charge in [0.05, 0.1) is 5.54 Å². The lowest BCUT2D eigenvalue weighted by atomic mass is 9.82. The summed E-state index contributed by atoms with van der Waals surface area (Å²) in [5, 5.41) is 6.19. The number of halogens is 1. The molecule has 2 N–H and O–H groups in total. The topological polar surface area (TPSA) is 67.4 Å². The summed E-state index contributed by atoms with van der Waals surface area (Å²) in [6.45, 7) is 1.22. The molecule has 0 bridgehead atoms. The van der Waals surface area contributed by atoms with E-state index < -0.39 is 5.54 Å². The third-order valence-electron chi connectivity index (χ3n) is 5.60. The van der Waals surface area contributed by atoms with E-state index in [0.29, 0.717) is 24.8 Å². The Hall–Kier alpha value is -2.44. The zero-order valence-electron chi connectivity index (χ0n) is 16.7. The second kappa shape index (κ2) is 9.14. The van der Waals surface area contributed by atoms with E-state index in [1.165, 1.54) is 0 Å². The quantitative estimate of drug-likeness (QED) is 0.624. The number of hydrogen-bond acceptors (Lipinski definition) is 3. The van der Waals surface area contributed by atoms with Gasteiger partial charge in [-0.05, 0) is 67.2 Å². The number of hydrogen-bond donors (Lipinski definition) is 2. The molecule has 1 saturated carbocycles. The van der Waals surface area contributed by atoms with Crippen molar-refractivity contribution in [2.24, 2.45) is 0 Å². The van der Waals surface area contributed by atoms with Crippen LogP contribution < -0.4 is 10.6 Å². The van der Waals surface area contributed by atoms with Gasteiger partial charge in [0.15, 0.2) is 0 Å². The second-order valence-corrected chi connectivity index (χ2v) is 8.81. The summed E-state index contributed by atoms with van der Waals surface area (Å²) >= 11 is 3.53. The molecular formula is C24H25BrN2O3. The van der Waals surface area contributed by atoms with Crippen molar-refractivity contribution in [2.75, 3.05) is 13.2 Å². The summed E-state index contributed by atoms with van der Waals surface area (Å²) in [6, 6.07) is 15.7. The molecule has 1 aliphatic carbocycles. The van der Waals surface area contributed by atoms with Gasteiger partial charge in [0.25, 0.3) is 5.91 Å².